The summed E-state index contributed by atoms with van der Waals surface area (Å²) in [6.45, 7) is 0. The van der Waals surface area contributed by atoms with Crippen molar-refractivity contribution < 1.29 is 19.0 Å². The van der Waals surface area contributed by atoms with Gasteiger partial charge in [0.05, 0.1) is 21.3 Å². The second-order valence-electron chi connectivity index (χ2n) is 4.55. The molecule has 0 atom stereocenters. The monoisotopic (exact) mass is 298 g/mol. The summed E-state index contributed by atoms with van der Waals surface area (Å²) in [5.41, 5.74) is 3.01. The Labute approximate surface area is 129 Å². The molecule has 0 unspecified atom stereocenters. The van der Waals surface area contributed by atoms with Gasteiger partial charge in [0.15, 0.2) is 11.5 Å². The molecular formula is C18H18O4. The second-order valence-corrected chi connectivity index (χ2v) is 4.55. The summed E-state index contributed by atoms with van der Waals surface area (Å²) in [7, 11) is 4.58. The second kappa shape index (κ2) is 7.31. The predicted octanol–water partition coefficient (Wildman–Crippen LogP) is 3.56. The zero-order valence-electron chi connectivity index (χ0n) is 12.8. The lowest BCUT2D eigenvalue weighted by molar-refractivity contribution is -0.134. The topological polar surface area (TPSA) is 44.8 Å². The summed E-state index contributed by atoms with van der Waals surface area (Å²) in [5.74, 6) is 1.02. The van der Waals surface area contributed by atoms with Crippen LogP contribution in [0, 0.1) is 0 Å². The number of hydrogen-bond donors (Lipinski definition) is 0. The first-order valence-electron chi connectivity index (χ1n) is 6.76. The van der Waals surface area contributed by atoms with Crippen LogP contribution in [-0.4, -0.2) is 27.3 Å². The third-order valence-corrected chi connectivity index (χ3v) is 3.24. The van der Waals surface area contributed by atoms with Gasteiger partial charge in [-0.15, -0.1) is 0 Å². The number of ether oxygens (including phenoxy) is 3. The van der Waals surface area contributed by atoms with E-state index in [1.807, 2.05) is 42.5 Å². The molecule has 0 aromatic heterocycles. The van der Waals surface area contributed by atoms with E-state index in [4.69, 9.17) is 9.47 Å². The number of benzene rings is 2. The molecule has 2 rings (SSSR count). The Bertz CT molecular complexity index is 672. The largest absolute Gasteiger partial charge is 0.493 e. The molecule has 2 aromatic rings. The zero-order valence-corrected chi connectivity index (χ0v) is 12.8. The number of esters is 1. The first-order valence-corrected chi connectivity index (χ1v) is 6.76. The van der Waals surface area contributed by atoms with Crippen LogP contribution in [0.3, 0.4) is 0 Å². The molecule has 0 saturated carbocycles. The molecule has 0 saturated heterocycles. The summed E-state index contributed by atoms with van der Waals surface area (Å²) >= 11 is 0. The smallest absolute Gasteiger partial charge is 0.330 e. The van der Waals surface area contributed by atoms with Gasteiger partial charge in [-0.2, -0.15) is 0 Å². The Hall–Kier alpha value is -2.75. The summed E-state index contributed by atoms with van der Waals surface area (Å²) in [4.78, 5) is 11.1. The van der Waals surface area contributed by atoms with E-state index < -0.39 is 0 Å². The molecule has 0 bridgehead atoms. The van der Waals surface area contributed by atoms with Crippen molar-refractivity contribution >= 4 is 12.0 Å². The quantitative estimate of drug-likeness (QED) is 0.625. The van der Waals surface area contributed by atoms with Gasteiger partial charge in [-0.3, -0.25) is 0 Å². The summed E-state index contributed by atoms with van der Waals surface area (Å²) in [6.07, 6.45) is 3.11. The molecule has 2 aromatic carbocycles. The molecule has 114 valence electrons. The molecule has 0 radical (unpaired) electrons. The van der Waals surface area contributed by atoms with Crippen molar-refractivity contribution in [3.8, 4) is 22.6 Å². The van der Waals surface area contributed by atoms with Gasteiger partial charge in [0.1, 0.15) is 0 Å². The van der Waals surface area contributed by atoms with Crippen LogP contribution in [-0.2, 0) is 9.53 Å². The lowest BCUT2D eigenvalue weighted by Gasteiger charge is -2.09. The lowest BCUT2D eigenvalue weighted by atomic mass is 10.0. The number of rotatable bonds is 5. The van der Waals surface area contributed by atoms with Gasteiger partial charge in [-0.25, -0.2) is 4.79 Å². The Morgan fingerprint density at radius 2 is 1.50 bits per heavy atom. The third kappa shape index (κ3) is 3.67. The van der Waals surface area contributed by atoms with Crippen molar-refractivity contribution in [2.24, 2.45) is 0 Å². The van der Waals surface area contributed by atoms with Crippen LogP contribution in [0.25, 0.3) is 17.2 Å². The van der Waals surface area contributed by atoms with Crippen molar-refractivity contribution in [1.82, 2.24) is 0 Å². The van der Waals surface area contributed by atoms with E-state index in [1.165, 1.54) is 13.2 Å². The molecule has 22 heavy (non-hydrogen) atoms. The molecule has 0 aliphatic carbocycles. The average molecular weight is 298 g/mol. The van der Waals surface area contributed by atoms with Crippen LogP contribution in [0.2, 0.25) is 0 Å². The van der Waals surface area contributed by atoms with E-state index in [0.29, 0.717) is 11.5 Å². The van der Waals surface area contributed by atoms with Crippen molar-refractivity contribution in [3.05, 3.63) is 54.1 Å². The van der Waals surface area contributed by atoms with Gasteiger partial charge in [0, 0.05) is 6.08 Å². The Morgan fingerprint density at radius 1 is 0.864 bits per heavy atom. The summed E-state index contributed by atoms with van der Waals surface area (Å²) in [6, 6.07) is 13.6. The van der Waals surface area contributed by atoms with E-state index >= 15 is 0 Å². The molecular weight excluding hydrogens is 280 g/mol. The van der Waals surface area contributed by atoms with Crippen molar-refractivity contribution in [1.29, 1.82) is 0 Å². The van der Waals surface area contributed by atoms with Crippen molar-refractivity contribution in [2.45, 2.75) is 0 Å². The van der Waals surface area contributed by atoms with E-state index in [1.54, 1.807) is 20.3 Å². The van der Waals surface area contributed by atoms with Gasteiger partial charge >= 0.3 is 5.97 Å². The highest BCUT2D eigenvalue weighted by Crippen LogP contribution is 2.32. The van der Waals surface area contributed by atoms with Crippen molar-refractivity contribution in [2.75, 3.05) is 21.3 Å². The summed E-state index contributed by atoms with van der Waals surface area (Å²) in [5, 5.41) is 0. The highest BCUT2D eigenvalue weighted by atomic mass is 16.5. The minimum absolute atomic E-state index is 0.371. The standard InChI is InChI=1S/C18H18O4/c1-20-16-10-9-15(12-17(16)21-2)14-7-4-13(5-8-14)6-11-18(19)22-3/h4-12H,1-3H3. The van der Waals surface area contributed by atoms with E-state index in [9.17, 15) is 4.79 Å². The first kappa shape index (κ1) is 15.6. The normalized spacial score (nSPS) is 10.5. The molecule has 0 amide bonds. The van der Waals surface area contributed by atoms with Crippen LogP contribution < -0.4 is 9.47 Å². The minimum Gasteiger partial charge on any atom is -0.493 e. The number of carbonyl (C=O) groups is 1. The fourth-order valence-electron chi connectivity index (χ4n) is 2.03. The van der Waals surface area contributed by atoms with Gasteiger partial charge in [0.25, 0.3) is 0 Å². The fourth-order valence-corrected chi connectivity index (χ4v) is 2.03. The maximum absolute atomic E-state index is 11.1. The number of carbonyl (C=O) groups excluding carboxylic acids is 1. The van der Waals surface area contributed by atoms with Crippen LogP contribution in [0.4, 0.5) is 0 Å². The maximum Gasteiger partial charge on any atom is 0.330 e. The number of methoxy groups -OCH3 is 3. The highest BCUT2D eigenvalue weighted by Gasteiger charge is 2.06. The lowest BCUT2D eigenvalue weighted by Crippen LogP contribution is -1.93. The Morgan fingerprint density at radius 3 is 2.09 bits per heavy atom. The third-order valence-electron chi connectivity index (χ3n) is 3.24. The fraction of sp³-hybridized carbons (Fsp3) is 0.167. The van der Waals surface area contributed by atoms with Gasteiger partial charge in [-0.05, 0) is 34.9 Å². The molecule has 4 nitrogen and oxygen atoms in total. The van der Waals surface area contributed by atoms with Crippen LogP contribution >= 0.6 is 0 Å². The maximum atomic E-state index is 11.1. The van der Waals surface area contributed by atoms with Gasteiger partial charge in [0.2, 0.25) is 0 Å². The van der Waals surface area contributed by atoms with E-state index in [0.717, 1.165) is 16.7 Å². The molecule has 0 fully saturated rings. The Kier molecular flexibility index (Phi) is 5.20. The van der Waals surface area contributed by atoms with E-state index in [-0.39, 0.29) is 5.97 Å². The van der Waals surface area contributed by atoms with Gasteiger partial charge < -0.3 is 14.2 Å². The van der Waals surface area contributed by atoms with Crippen LogP contribution in [0.5, 0.6) is 11.5 Å². The van der Waals surface area contributed by atoms with Crippen molar-refractivity contribution in [3.63, 3.8) is 0 Å². The van der Waals surface area contributed by atoms with Gasteiger partial charge in [-0.1, -0.05) is 30.3 Å². The molecule has 0 aliphatic heterocycles. The van der Waals surface area contributed by atoms with Crippen LogP contribution in [0.1, 0.15) is 5.56 Å². The number of hydrogen-bond acceptors (Lipinski definition) is 4. The van der Waals surface area contributed by atoms with E-state index in [2.05, 4.69) is 4.74 Å². The molecule has 0 spiro atoms. The SMILES string of the molecule is COC(=O)C=Cc1ccc(-c2ccc(OC)c(OC)c2)cc1. The molecule has 0 heterocycles. The summed E-state index contributed by atoms with van der Waals surface area (Å²) < 4.78 is 15.1. The molecule has 4 heteroatoms. The first-order chi connectivity index (χ1) is 10.7. The van der Waals surface area contributed by atoms with Crippen LogP contribution in [0.15, 0.2) is 48.5 Å². The molecule has 0 aliphatic rings. The molecule has 0 N–H and O–H groups in total. The Balaban J connectivity index is 2.23. The zero-order chi connectivity index (χ0) is 15.9. The average Bonchev–Trinajstić information content (AvgIpc) is 2.59. The minimum atomic E-state index is -0.371. The highest BCUT2D eigenvalue weighted by molar-refractivity contribution is 5.87. The predicted molar refractivity (Wildman–Crippen MR) is 86.0 cm³/mol.